The zero-order valence-electron chi connectivity index (χ0n) is 13.4. The molecular formula is C17H28N2O. The lowest BCUT2D eigenvalue weighted by Crippen LogP contribution is -2.48. The molecule has 20 heavy (non-hydrogen) atoms. The van der Waals surface area contributed by atoms with E-state index in [0.29, 0.717) is 12.1 Å². The van der Waals surface area contributed by atoms with Crippen molar-refractivity contribution in [1.29, 1.82) is 0 Å². The number of hydrogen-bond acceptors (Lipinski definition) is 3. The highest BCUT2D eigenvalue weighted by atomic mass is 16.5. The zero-order chi connectivity index (χ0) is 14.7. The van der Waals surface area contributed by atoms with Crippen LogP contribution >= 0.6 is 0 Å². The Morgan fingerprint density at radius 3 is 2.50 bits per heavy atom. The first-order valence-corrected chi connectivity index (χ1v) is 7.61. The Morgan fingerprint density at radius 2 is 1.90 bits per heavy atom. The number of hydrogen-bond donors (Lipinski definition) is 1. The van der Waals surface area contributed by atoms with Crippen molar-refractivity contribution in [2.24, 2.45) is 0 Å². The van der Waals surface area contributed by atoms with E-state index in [4.69, 9.17) is 4.74 Å². The largest absolute Gasteiger partial charge is 0.374 e. The van der Waals surface area contributed by atoms with Crippen LogP contribution in [0, 0.1) is 13.8 Å². The molecule has 0 radical (unpaired) electrons. The van der Waals surface area contributed by atoms with Gasteiger partial charge in [0.25, 0.3) is 0 Å². The van der Waals surface area contributed by atoms with Crippen LogP contribution in [0.25, 0.3) is 0 Å². The maximum Gasteiger partial charge on any atom is 0.0896 e. The van der Waals surface area contributed by atoms with E-state index in [9.17, 15) is 0 Å². The standard InChI is InChI=1S/C17H28N2O/c1-12(2)18-11-16-17(19(5)6-7-20-16)15-9-13(3)8-14(4)10-15/h8-10,12,16-18H,6-7,11H2,1-5H3. The monoisotopic (exact) mass is 276 g/mol. The van der Waals surface area contributed by atoms with Crippen LogP contribution in [0.1, 0.15) is 36.6 Å². The van der Waals surface area contributed by atoms with E-state index in [-0.39, 0.29) is 6.10 Å². The normalized spacial score (nSPS) is 24.3. The number of rotatable bonds is 4. The number of ether oxygens (including phenoxy) is 1. The van der Waals surface area contributed by atoms with Crippen LogP contribution in [0.3, 0.4) is 0 Å². The summed E-state index contributed by atoms with van der Waals surface area (Å²) < 4.78 is 6.04. The average Bonchev–Trinajstić information content (AvgIpc) is 2.35. The van der Waals surface area contributed by atoms with Crippen molar-refractivity contribution < 1.29 is 4.74 Å². The van der Waals surface area contributed by atoms with Gasteiger partial charge in [-0.15, -0.1) is 0 Å². The van der Waals surface area contributed by atoms with E-state index in [1.165, 1.54) is 16.7 Å². The Bertz CT molecular complexity index is 424. The second kappa shape index (κ2) is 6.70. The molecule has 0 aromatic heterocycles. The van der Waals surface area contributed by atoms with Crippen molar-refractivity contribution >= 4 is 0 Å². The summed E-state index contributed by atoms with van der Waals surface area (Å²) in [7, 11) is 2.20. The summed E-state index contributed by atoms with van der Waals surface area (Å²) in [5.41, 5.74) is 4.03. The third-order valence-corrected chi connectivity index (χ3v) is 3.92. The lowest BCUT2D eigenvalue weighted by atomic mass is 9.95. The number of nitrogens with one attached hydrogen (secondary N) is 1. The van der Waals surface area contributed by atoms with E-state index in [1.54, 1.807) is 0 Å². The fraction of sp³-hybridized carbons (Fsp3) is 0.647. The van der Waals surface area contributed by atoms with Gasteiger partial charge in [-0.3, -0.25) is 4.90 Å². The summed E-state index contributed by atoms with van der Waals surface area (Å²) in [5.74, 6) is 0. The van der Waals surface area contributed by atoms with Gasteiger partial charge in [0.15, 0.2) is 0 Å². The third kappa shape index (κ3) is 3.81. The lowest BCUT2D eigenvalue weighted by Gasteiger charge is -2.40. The Balaban J connectivity index is 2.22. The topological polar surface area (TPSA) is 24.5 Å². The number of nitrogens with zero attached hydrogens (tertiary/aromatic N) is 1. The Labute approximate surface area is 123 Å². The van der Waals surface area contributed by atoms with Gasteiger partial charge in [-0.05, 0) is 26.5 Å². The minimum absolute atomic E-state index is 0.220. The molecule has 0 amide bonds. The van der Waals surface area contributed by atoms with Crippen molar-refractivity contribution in [1.82, 2.24) is 10.2 Å². The molecule has 1 saturated heterocycles. The van der Waals surface area contributed by atoms with Gasteiger partial charge in [0.1, 0.15) is 0 Å². The van der Waals surface area contributed by atoms with Crippen molar-refractivity contribution in [2.45, 2.75) is 45.9 Å². The molecule has 3 heteroatoms. The molecule has 112 valence electrons. The van der Waals surface area contributed by atoms with Crippen molar-refractivity contribution in [3.63, 3.8) is 0 Å². The number of morpholine rings is 1. The predicted molar refractivity (Wildman–Crippen MR) is 84.2 cm³/mol. The van der Waals surface area contributed by atoms with Crippen LogP contribution in [0.5, 0.6) is 0 Å². The molecule has 0 aliphatic carbocycles. The minimum atomic E-state index is 0.220. The van der Waals surface area contributed by atoms with E-state index >= 15 is 0 Å². The first kappa shape index (κ1) is 15.5. The molecule has 2 atom stereocenters. The molecule has 1 aliphatic heterocycles. The predicted octanol–water partition coefficient (Wildman–Crippen LogP) is 2.67. The second-order valence-corrected chi connectivity index (χ2v) is 6.32. The number of likely N-dealkylation sites (N-methyl/N-ethyl adjacent to an activating group) is 1. The van der Waals surface area contributed by atoms with Gasteiger partial charge in [0, 0.05) is 19.1 Å². The molecule has 1 aromatic rings. The molecule has 0 saturated carbocycles. The van der Waals surface area contributed by atoms with Crippen LogP contribution in [-0.4, -0.2) is 43.8 Å². The quantitative estimate of drug-likeness (QED) is 0.915. The first-order chi connectivity index (χ1) is 9.47. The van der Waals surface area contributed by atoms with Gasteiger partial charge >= 0.3 is 0 Å². The highest BCUT2D eigenvalue weighted by Crippen LogP contribution is 2.29. The molecule has 0 spiro atoms. The SMILES string of the molecule is Cc1cc(C)cc(C2C(CNC(C)C)OCCN2C)c1. The van der Waals surface area contributed by atoms with Crippen molar-refractivity contribution in [3.05, 3.63) is 34.9 Å². The molecule has 2 rings (SSSR count). The Hall–Kier alpha value is -0.900. The fourth-order valence-electron chi connectivity index (χ4n) is 3.03. The van der Waals surface area contributed by atoms with Gasteiger partial charge in [0.2, 0.25) is 0 Å². The summed E-state index contributed by atoms with van der Waals surface area (Å²) in [5, 5.41) is 3.51. The van der Waals surface area contributed by atoms with Gasteiger partial charge < -0.3 is 10.1 Å². The average molecular weight is 276 g/mol. The highest BCUT2D eigenvalue weighted by molar-refractivity contribution is 5.31. The van der Waals surface area contributed by atoms with Gasteiger partial charge in [-0.1, -0.05) is 43.2 Å². The van der Waals surface area contributed by atoms with Crippen molar-refractivity contribution in [2.75, 3.05) is 26.7 Å². The summed E-state index contributed by atoms with van der Waals surface area (Å²) in [6.07, 6.45) is 0.220. The van der Waals surface area contributed by atoms with Gasteiger partial charge in [-0.25, -0.2) is 0 Å². The van der Waals surface area contributed by atoms with E-state index in [1.807, 2.05) is 0 Å². The second-order valence-electron chi connectivity index (χ2n) is 6.32. The summed E-state index contributed by atoms with van der Waals surface area (Å²) in [6.45, 7) is 11.4. The lowest BCUT2D eigenvalue weighted by molar-refractivity contribution is -0.0620. The summed E-state index contributed by atoms with van der Waals surface area (Å²) in [6, 6.07) is 7.66. The minimum Gasteiger partial charge on any atom is -0.374 e. The van der Waals surface area contributed by atoms with Crippen LogP contribution in [0.2, 0.25) is 0 Å². The van der Waals surface area contributed by atoms with E-state index in [0.717, 1.165) is 19.7 Å². The molecular weight excluding hydrogens is 248 g/mol. The number of aryl methyl sites for hydroxylation is 2. The van der Waals surface area contributed by atoms with E-state index < -0.39 is 0 Å². The maximum absolute atomic E-state index is 6.04. The smallest absolute Gasteiger partial charge is 0.0896 e. The fourth-order valence-corrected chi connectivity index (χ4v) is 3.03. The van der Waals surface area contributed by atoms with Crippen LogP contribution in [0.15, 0.2) is 18.2 Å². The summed E-state index contributed by atoms with van der Waals surface area (Å²) >= 11 is 0. The molecule has 1 fully saturated rings. The zero-order valence-corrected chi connectivity index (χ0v) is 13.4. The van der Waals surface area contributed by atoms with Crippen molar-refractivity contribution in [3.8, 4) is 0 Å². The highest BCUT2D eigenvalue weighted by Gasteiger charge is 2.31. The Kier molecular flexibility index (Phi) is 5.19. The molecule has 1 heterocycles. The molecule has 1 aromatic carbocycles. The maximum atomic E-state index is 6.04. The molecule has 2 unspecified atom stereocenters. The molecule has 3 nitrogen and oxygen atoms in total. The number of benzene rings is 1. The van der Waals surface area contributed by atoms with Crippen LogP contribution < -0.4 is 5.32 Å². The van der Waals surface area contributed by atoms with Crippen LogP contribution in [-0.2, 0) is 4.74 Å². The molecule has 1 aliphatic rings. The summed E-state index contributed by atoms with van der Waals surface area (Å²) in [4.78, 5) is 2.42. The molecule has 0 bridgehead atoms. The van der Waals surface area contributed by atoms with Gasteiger partial charge in [0.05, 0.1) is 18.8 Å². The Morgan fingerprint density at radius 1 is 1.25 bits per heavy atom. The van der Waals surface area contributed by atoms with Gasteiger partial charge in [-0.2, -0.15) is 0 Å². The molecule has 1 N–H and O–H groups in total. The van der Waals surface area contributed by atoms with Crippen LogP contribution in [0.4, 0.5) is 0 Å². The third-order valence-electron chi connectivity index (χ3n) is 3.92. The first-order valence-electron chi connectivity index (χ1n) is 7.61. The van der Waals surface area contributed by atoms with E-state index in [2.05, 4.69) is 63.2 Å².